The van der Waals surface area contributed by atoms with Crippen molar-refractivity contribution in [3.63, 3.8) is 0 Å². The first kappa shape index (κ1) is 13.9. The van der Waals surface area contributed by atoms with Crippen molar-refractivity contribution >= 4 is 23.6 Å². The normalized spacial score (nSPS) is 16.5. The molecule has 1 saturated heterocycles. The van der Waals surface area contributed by atoms with E-state index in [0.717, 1.165) is 4.90 Å². The second kappa shape index (κ2) is 5.37. The van der Waals surface area contributed by atoms with Crippen LogP contribution in [-0.4, -0.2) is 22.0 Å². The average Bonchev–Trinajstić information content (AvgIpc) is 2.78. The predicted molar refractivity (Wildman–Crippen MR) is 81.3 cm³/mol. The number of nitrogens with zero attached hydrogens (tertiary/aromatic N) is 1. The molecule has 0 aliphatic carbocycles. The van der Waals surface area contributed by atoms with Crippen molar-refractivity contribution in [3.8, 4) is 11.5 Å². The molecule has 2 amide bonds. The number of phenols is 2. The van der Waals surface area contributed by atoms with Gasteiger partial charge in [0.15, 0.2) is 11.5 Å². The highest BCUT2D eigenvalue weighted by Crippen LogP contribution is 2.30. The van der Waals surface area contributed by atoms with Crippen molar-refractivity contribution in [1.82, 2.24) is 0 Å². The predicted octanol–water partition coefficient (Wildman–Crippen LogP) is 2.44. The fourth-order valence-electron chi connectivity index (χ4n) is 2.36. The molecule has 22 heavy (non-hydrogen) atoms. The summed E-state index contributed by atoms with van der Waals surface area (Å²) in [6.07, 6.45) is 1.55. The number of amides is 2. The van der Waals surface area contributed by atoms with E-state index in [4.69, 9.17) is 0 Å². The first-order valence-electron chi connectivity index (χ1n) is 6.71. The zero-order valence-corrected chi connectivity index (χ0v) is 11.6. The highest BCUT2D eigenvalue weighted by atomic mass is 16.3. The lowest BCUT2D eigenvalue weighted by Crippen LogP contribution is -2.28. The fraction of sp³-hybridized carbons (Fsp3) is 0.0588. The summed E-state index contributed by atoms with van der Waals surface area (Å²) in [5, 5.41) is 18.8. The molecule has 3 rings (SSSR count). The summed E-state index contributed by atoms with van der Waals surface area (Å²) < 4.78 is 0. The van der Waals surface area contributed by atoms with Crippen LogP contribution < -0.4 is 4.90 Å². The zero-order chi connectivity index (χ0) is 15.7. The first-order chi connectivity index (χ1) is 10.6. The second-order valence-corrected chi connectivity index (χ2v) is 4.96. The third kappa shape index (κ3) is 2.44. The Hall–Kier alpha value is -3.08. The minimum absolute atomic E-state index is 0.00929. The van der Waals surface area contributed by atoms with E-state index in [9.17, 15) is 19.8 Å². The van der Waals surface area contributed by atoms with E-state index in [0.29, 0.717) is 16.8 Å². The molecule has 1 heterocycles. The molecule has 0 saturated carbocycles. The molecule has 1 fully saturated rings. The van der Waals surface area contributed by atoms with Gasteiger partial charge in [0, 0.05) is 5.57 Å². The van der Waals surface area contributed by atoms with E-state index >= 15 is 0 Å². The number of imide groups is 1. The molecule has 0 bridgehead atoms. The molecular formula is C17H13NO4. The molecule has 110 valence electrons. The van der Waals surface area contributed by atoms with Crippen LogP contribution in [0.4, 0.5) is 5.69 Å². The molecule has 1 aliphatic heterocycles. The van der Waals surface area contributed by atoms with Gasteiger partial charge in [-0.05, 0) is 35.9 Å². The molecule has 0 unspecified atom stereocenters. The number of anilines is 1. The molecule has 2 N–H and O–H groups in total. The van der Waals surface area contributed by atoms with E-state index in [1.54, 1.807) is 36.4 Å². The van der Waals surface area contributed by atoms with E-state index in [1.165, 1.54) is 12.1 Å². The summed E-state index contributed by atoms with van der Waals surface area (Å²) in [4.78, 5) is 25.6. The van der Waals surface area contributed by atoms with Crippen LogP contribution >= 0.6 is 0 Å². The van der Waals surface area contributed by atoms with Crippen molar-refractivity contribution in [2.24, 2.45) is 0 Å². The van der Waals surface area contributed by atoms with Crippen LogP contribution in [0.25, 0.3) is 6.08 Å². The number of rotatable bonds is 2. The molecule has 0 atom stereocenters. The smallest absolute Gasteiger partial charge is 0.261 e. The molecule has 5 heteroatoms. The quantitative estimate of drug-likeness (QED) is 0.507. The van der Waals surface area contributed by atoms with Crippen molar-refractivity contribution in [1.29, 1.82) is 0 Å². The number of phenolic OH excluding ortho intramolecular Hbond substituents is 2. The molecule has 0 spiro atoms. The van der Waals surface area contributed by atoms with Crippen molar-refractivity contribution in [2.45, 2.75) is 6.42 Å². The molecule has 5 nitrogen and oxygen atoms in total. The van der Waals surface area contributed by atoms with Gasteiger partial charge in [-0.2, -0.15) is 0 Å². The highest BCUT2D eigenvalue weighted by molar-refractivity contribution is 6.29. The van der Waals surface area contributed by atoms with Gasteiger partial charge in [-0.1, -0.05) is 24.3 Å². The van der Waals surface area contributed by atoms with Gasteiger partial charge in [-0.25, -0.2) is 4.90 Å². The lowest BCUT2D eigenvalue weighted by Gasteiger charge is -2.12. The lowest BCUT2D eigenvalue weighted by molar-refractivity contribution is -0.120. The average molecular weight is 295 g/mol. The van der Waals surface area contributed by atoms with E-state index < -0.39 is 0 Å². The Morgan fingerprint density at radius 1 is 0.955 bits per heavy atom. The first-order valence-corrected chi connectivity index (χ1v) is 6.71. The van der Waals surface area contributed by atoms with Gasteiger partial charge >= 0.3 is 0 Å². The topological polar surface area (TPSA) is 77.8 Å². The largest absolute Gasteiger partial charge is 0.504 e. The monoisotopic (exact) mass is 295 g/mol. The summed E-state index contributed by atoms with van der Waals surface area (Å²) in [6, 6.07) is 13.0. The Labute approximate surface area is 126 Å². The lowest BCUT2D eigenvalue weighted by atomic mass is 10.1. The minimum Gasteiger partial charge on any atom is -0.504 e. The van der Waals surface area contributed by atoms with Gasteiger partial charge in [0.1, 0.15) is 0 Å². The van der Waals surface area contributed by atoms with Crippen molar-refractivity contribution in [2.75, 3.05) is 4.90 Å². The molecule has 0 aromatic heterocycles. The summed E-state index contributed by atoms with van der Waals surface area (Å²) in [6.45, 7) is 0. The number of benzene rings is 2. The third-order valence-electron chi connectivity index (χ3n) is 3.42. The zero-order valence-electron chi connectivity index (χ0n) is 11.6. The maximum atomic E-state index is 12.4. The Bertz CT molecular complexity index is 781. The van der Waals surface area contributed by atoms with Crippen LogP contribution in [0.2, 0.25) is 0 Å². The molecule has 2 aromatic rings. The summed E-state index contributed by atoms with van der Waals surface area (Å²) >= 11 is 0. The number of hydrogen-bond acceptors (Lipinski definition) is 4. The Balaban J connectivity index is 1.93. The van der Waals surface area contributed by atoms with Gasteiger partial charge in [-0.3, -0.25) is 9.59 Å². The van der Waals surface area contributed by atoms with Gasteiger partial charge in [-0.15, -0.1) is 0 Å². The van der Waals surface area contributed by atoms with Crippen LogP contribution in [0.1, 0.15) is 12.0 Å². The fourth-order valence-corrected chi connectivity index (χ4v) is 2.36. The van der Waals surface area contributed by atoms with E-state index in [1.807, 2.05) is 6.07 Å². The maximum Gasteiger partial charge on any atom is 0.261 e. The number of hydrogen-bond donors (Lipinski definition) is 2. The summed E-state index contributed by atoms with van der Waals surface area (Å²) in [7, 11) is 0. The Morgan fingerprint density at radius 2 is 1.68 bits per heavy atom. The van der Waals surface area contributed by atoms with Gasteiger partial charge in [0.05, 0.1) is 12.1 Å². The number of carbonyl (C=O) groups is 2. The molecule has 1 aliphatic rings. The van der Waals surface area contributed by atoms with E-state index in [2.05, 4.69) is 0 Å². The van der Waals surface area contributed by atoms with Gasteiger partial charge in [0.25, 0.3) is 5.91 Å². The molecule has 0 radical (unpaired) electrons. The van der Waals surface area contributed by atoms with E-state index in [-0.39, 0.29) is 29.7 Å². The molecule has 2 aromatic carbocycles. The Kier molecular flexibility index (Phi) is 3.39. The van der Waals surface area contributed by atoms with Crippen LogP contribution in [0.15, 0.2) is 54.1 Å². The van der Waals surface area contributed by atoms with Crippen LogP contribution in [0.5, 0.6) is 11.5 Å². The minimum atomic E-state index is -0.372. The maximum absolute atomic E-state index is 12.4. The van der Waals surface area contributed by atoms with Crippen molar-refractivity contribution in [3.05, 3.63) is 59.7 Å². The van der Waals surface area contributed by atoms with Crippen LogP contribution in [0.3, 0.4) is 0 Å². The standard InChI is InChI=1S/C17H13NO4/c19-14-7-6-11(9-15(14)20)8-12-10-16(21)18(17(12)22)13-4-2-1-3-5-13/h1-9,19-20H,10H2. The number of carbonyl (C=O) groups excluding carboxylic acids is 2. The number of para-hydroxylation sites is 1. The van der Waals surface area contributed by atoms with Crippen molar-refractivity contribution < 1.29 is 19.8 Å². The van der Waals surface area contributed by atoms with Crippen LogP contribution in [0, 0.1) is 0 Å². The number of aromatic hydroxyl groups is 2. The van der Waals surface area contributed by atoms with Gasteiger partial charge in [0.2, 0.25) is 5.91 Å². The highest BCUT2D eigenvalue weighted by Gasteiger charge is 2.34. The summed E-state index contributed by atoms with van der Waals surface area (Å²) in [5.41, 5.74) is 1.43. The third-order valence-corrected chi connectivity index (χ3v) is 3.42. The Morgan fingerprint density at radius 3 is 2.36 bits per heavy atom. The molecular weight excluding hydrogens is 282 g/mol. The second-order valence-electron chi connectivity index (χ2n) is 4.96. The summed E-state index contributed by atoms with van der Waals surface area (Å²) in [5.74, 6) is -1.16. The SMILES string of the molecule is O=C1CC(=Cc2ccc(O)c(O)c2)C(=O)N1c1ccccc1. The van der Waals surface area contributed by atoms with Crippen LogP contribution in [-0.2, 0) is 9.59 Å². The van der Waals surface area contributed by atoms with Gasteiger partial charge < -0.3 is 10.2 Å².